The van der Waals surface area contributed by atoms with Gasteiger partial charge in [0.15, 0.2) is 23.2 Å². The minimum Gasteiger partial charge on any atom is -0.493 e. The minimum absolute atomic E-state index is 0. The van der Waals surface area contributed by atoms with Gasteiger partial charge in [0.2, 0.25) is 0 Å². The second-order valence-corrected chi connectivity index (χ2v) is 5.79. The van der Waals surface area contributed by atoms with E-state index in [2.05, 4.69) is 20.8 Å². The SMILES string of the molecule is CCNC(=NCc1cc(CC)no1)NCC(C)Oc1ccccc1OC.I. The third-order valence-corrected chi connectivity index (χ3v) is 3.66. The first-order valence-electron chi connectivity index (χ1n) is 8.92. The molecule has 2 rings (SSSR count). The van der Waals surface area contributed by atoms with Crippen molar-refractivity contribution < 1.29 is 14.0 Å². The maximum absolute atomic E-state index is 5.95. The van der Waals surface area contributed by atoms with Crippen molar-refractivity contribution in [3.05, 3.63) is 41.8 Å². The van der Waals surface area contributed by atoms with Gasteiger partial charge in [-0.25, -0.2) is 4.99 Å². The highest BCUT2D eigenvalue weighted by Crippen LogP contribution is 2.26. The maximum Gasteiger partial charge on any atom is 0.191 e. The standard InChI is InChI=1S/C19H28N4O3.HI/c1-5-15-11-16(26-23-15)13-22-19(20-6-2)21-12-14(3)25-18-10-8-7-9-17(18)24-4;/h7-11,14H,5-6,12-13H2,1-4H3,(H2,20,21,22);1H. The van der Waals surface area contributed by atoms with E-state index in [-0.39, 0.29) is 30.1 Å². The molecule has 0 aliphatic carbocycles. The number of para-hydroxylation sites is 2. The number of rotatable bonds is 9. The van der Waals surface area contributed by atoms with Gasteiger partial charge < -0.3 is 24.6 Å². The van der Waals surface area contributed by atoms with E-state index < -0.39 is 0 Å². The lowest BCUT2D eigenvalue weighted by atomic mass is 10.3. The second-order valence-electron chi connectivity index (χ2n) is 5.79. The average Bonchev–Trinajstić information content (AvgIpc) is 3.12. The molecule has 1 aromatic heterocycles. The van der Waals surface area contributed by atoms with Crippen LogP contribution < -0.4 is 20.1 Å². The van der Waals surface area contributed by atoms with Gasteiger partial charge in [0.1, 0.15) is 12.6 Å². The molecule has 0 saturated carbocycles. The summed E-state index contributed by atoms with van der Waals surface area (Å²) < 4.78 is 16.5. The van der Waals surface area contributed by atoms with Crippen LogP contribution in [0.1, 0.15) is 32.2 Å². The van der Waals surface area contributed by atoms with E-state index in [1.807, 2.05) is 51.1 Å². The van der Waals surface area contributed by atoms with Crippen LogP contribution in [0.5, 0.6) is 11.5 Å². The molecule has 0 bridgehead atoms. The van der Waals surface area contributed by atoms with E-state index in [9.17, 15) is 0 Å². The molecule has 0 saturated heterocycles. The van der Waals surface area contributed by atoms with E-state index in [1.54, 1.807) is 7.11 Å². The zero-order chi connectivity index (χ0) is 18.8. The number of aryl methyl sites for hydroxylation is 1. The average molecular weight is 488 g/mol. The van der Waals surface area contributed by atoms with E-state index in [4.69, 9.17) is 14.0 Å². The molecule has 1 heterocycles. The molecule has 1 unspecified atom stereocenters. The van der Waals surface area contributed by atoms with E-state index >= 15 is 0 Å². The van der Waals surface area contributed by atoms with Crippen molar-refractivity contribution in [3.8, 4) is 11.5 Å². The Labute approximate surface area is 177 Å². The molecular formula is C19H29IN4O3. The lowest BCUT2D eigenvalue weighted by Gasteiger charge is -2.18. The number of hydrogen-bond donors (Lipinski definition) is 2. The molecule has 1 atom stereocenters. The monoisotopic (exact) mass is 488 g/mol. The summed E-state index contributed by atoms with van der Waals surface area (Å²) in [6, 6.07) is 9.54. The maximum atomic E-state index is 5.95. The van der Waals surface area contributed by atoms with Crippen LogP contribution in [0, 0.1) is 0 Å². The highest BCUT2D eigenvalue weighted by atomic mass is 127. The Morgan fingerprint density at radius 3 is 2.59 bits per heavy atom. The summed E-state index contributed by atoms with van der Waals surface area (Å²) in [6.45, 7) is 7.86. The van der Waals surface area contributed by atoms with Crippen LogP contribution in [0.4, 0.5) is 0 Å². The number of methoxy groups -OCH3 is 1. The second kappa shape index (κ2) is 12.4. The Balaban J connectivity index is 0.00000364. The molecule has 1 aromatic carbocycles. The van der Waals surface area contributed by atoms with Gasteiger partial charge in [-0.2, -0.15) is 0 Å². The molecule has 0 spiro atoms. The Hall–Kier alpha value is -1.97. The summed E-state index contributed by atoms with van der Waals surface area (Å²) in [4.78, 5) is 4.52. The largest absolute Gasteiger partial charge is 0.493 e. The molecule has 150 valence electrons. The quantitative estimate of drug-likeness (QED) is 0.320. The highest BCUT2D eigenvalue weighted by molar-refractivity contribution is 14.0. The zero-order valence-electron chi connectivity index (χ0n) is 16.3. The smallest absolute Gasteiger partial charge is 0.191 e. The number of hydrogen-bond acceptors (Lipinski definition) is 5. The lowest BCUT2D eigenvalue weighted by Crippen LogP contribution is -2.41. The van der Waals surface area contributed by atoms with Crippen LogP contribution in [-0.2, 0) is 13.0 Å². The van der Waals surface area contributed by atoms with Gasteiger partial charge in [0, 0.05) is 12.6 Å². The van der Waals surface area contributed by atoms with Crippen molar-refractivity contribution in [2.45, 2.75) is 39.8 Å². The van der Waals surface area contributed by atoms with Crippen molar-refractivity contribution in [2.24, 2.45) is 4.99 Å². The molecular weight excluding hydrogens is 459 g/mol. The Morgan fingerprint density at radius 2 is 1.96 bits per heavy atom. The third-order valence-electron chi connectivity index (χ3n) is 3.66. The van der Waals surface area contributed by atoms with Crippen molar-refractivity contribution in [1.82, 2.24) is 15.8 Å². The first-order valence-corrected chi connectivity index (χ1v) is 8.92. The van der Waals surface area contributed by atoms with Crippen LogP contribution in [-0.4, -0.2) is 37.4 Å². The summed E-state index contributed by atoms with van der Waals surface area (Å²) >= 11 is 0. The number of benzene rings is 1. The topological polar surface area (TPSA) is 80.9 Å². The highest BCUT2D eigenvalue weighted by Gasteiger charge is 2.10. The summed E-state index contributed by atoms with van der Waals surface area (Å²) in [6.07, 6.45) is 0.788. The number of ether oxygens (including phenoxy) is 2. The van der Waals surface area contributed by atoms with Crippen molar-refractivity contribution >= 4 is 29.9 Å². The minimum atomic E-state index is -0.0628. The molecule has 2 N–H and O–H groups in total. The summed E-state index contributed by atoms with van der Waals surface area (Å²) in [5.74, 6) is 2.90. The Morgan fingerprint density at radius 1 is 1.22 bits per heavy atom. The van der Waals surface area contributed by atoms with Gasteiger partial charge in [-0.15, -0.1) is 24.0 Å². The molecule has 2 aromatic rings. The normalized spacial score (nSPS) is 12.1. The lowest BCUT2D eigenvalue weighted by molar-refractivity contribution is 0.213. The van der Waals surface area contributed by atoms with Gasteiger partial charge in [-0.1, -0.05) is 24.2 Å². The van der Waals surface area contributed by atoms with Gasteiger partial charge in [-0.05, 0) is 32.4 Å². The Bertz CT molecular complexity index is 706. The number of aromatic nitrogens is 1. The number of nitrogens with zero attached hydrogens (tertiary/aromatic N) is 2. The molecule has 0 aliphatic rings. The van der Waals surface area contributed by atoms with Crippen LogP contribution in [0.25, 0.3) is 0 Å². The fraction of sp³-hybridized carbons (Fsp3) is 0.474. The van der Waals surface area contributed by atoms with Crippen LogP contribution >= 0.6 is 24.0 Å². The fourth-order valence-corrected chi connectivity index (χ4v) is 2.31. The van der Waals surface area contributed by atoms with Gasteiger partial charge >= 0.3 is 0 Å². The van der Waals surface area contributed by atoms with Gasteiger partial charge in [0.25, 0.3) is 0 Å². The van der Waals surface area contributed by atoms with Crippen LogP contribution in [0.2, 0.25) is 0 Å². The molecule has 0 aliphatic heterocycles. The van der Waals surface area contributed by atoms with Gasteiger partial charge in [-0.3, -0.25) is 0 Å². The number of halogens is 1. The molecule has 8 heteroatoms. The van der Waals surface area contributed by atoms with E-state index in [0.717, 1.165) is 35.9 Å². The van der Waals surface area contributed by atoms with Crippen molar-refractivity contribution in [3.63, 3.8) is 0 Å². The van der Waals surface area contributed by atoms with E-state index in [1.165, 1.54) is 0 Å². The third kappa shape index (κ3) is 7.66. The number of guanidine groups is 1. The van der Waals surface area contributed by atoms with E-state index in [0.29, 0.717) is 19.0 Å². The predicted molar refractivity (Wildman–Crippen MR) is 117 cm³/mol. The fourth-order valence-electron chi connectivity index (χ4n) is 2.31. The van der Waals surface area contributed by atoms with Crippen molar-refractivity contribution in [1.29, 1.82) is 0 Å². The number of nitrogens with one attached hydrogen (secondary N) is 2. The molecule has 0 radical (unpaired) electrons. The number of aliphatic imine (C=N–C) groups is 1. The zero-order valence-corrected chi connectivity index (χ0v) is 18.7. The first kappa shape index (κ1) is 23.1. The molecule has 27 heavy (non-hydrogen) atoms. The molecule has 0 fully saturated rings. The predicted octanol–water partition coefficient (Wildman–Crippen LogP) is 3.39. The first-order chi connectivity index (χ1) is 12.7. The van der Waals surface area contributed by atoms with Crippen molar-refractivity contribution in [2.75, 3.05) is 20.2 Å². The molecule has 7 nitrogen and oxygen atoms in total. The van der Waals surface area contributed by atoms with Gasteiger partial charge in [0.05, 0.1) is 19.3 Å². The summed E-state index contributed by atoms with van der Waals surface area (Å²) in [5, 5.41) is 10.5. The van der Waals surface area contributed by atoms with Crippen LogP contribution in [0.15, 0.2) is 39.8 Å². The molecule has 0 amide bonds. The van der Waals surface area contributed by atoms with Crippen LogP contribution in [0.3, 0.4) is 0 Å². The summed E-state index contributed by atoms with van der Waals surface area (Å²) in [7, 11) is 1.63. The summed E-state index contributed by atoms with van der Waals surface area (Å²) in [5.41, 5.74) is 0.937. The Kier molecular flexibility index (Phi) is 10.6.